The summed E-state index contributed by atoms with van der Waals surface area (Å²) in [6.45, 7) is 0.167. The van der Waals surface area contributed by atoms with Crippen LogP contribution in [-0.2, 0) is 25.7 Å². The topological polar surface area (TPSA) is 91.5 Å². The van der Waals surface area contributed by atoms with Crippen LogP contribution in [0.5, 0.6) is 0 Å². The predicted molar refractivity (Wildman–Crippen MR) is 86.9 cm³/mol. The maximum atomic E-state index is 12.3. The number of aromatic nitrogens is 1. The Morgan fingerprint density at radius 3 is 2.96 bits per heavy atom. The number of rotatable bonds is 5. The number of aromatic amines is 1. The van der Waals surface area contributed by atoms with E-state index in [0.717, 1.165) is 16.5 Å². The summed E-state index contributed by atoms with van der Waals surface area (Å²) >= 11 is 0. The molecular weight excluding hydrogens is 310 g/mol. The highest BCUT2D eigenvalue weighted by molar-refractivity contribution is 5.92. The summed E-state index contributed by atoms with van der Waals surface area (Å²) in [7, 11) is 1.26. The van der Waals surface area contributed by atoms with E-state index in [1.807, 2.05) is 30.5 Å². The number of nitrogens with one attached hydrogen (secondary N) is 2. The van der Waals surface area contributed by atoms with Gasteiger partial charge in [-0.3, -0.25) is 14.4 Å². The number of hydrogen-bond acceptors (Lipinski definition) is 4. The van der Waals surface area contributed by atoms with Gasteiger partial charge in [0.25, 0.3) is 0 Å². The van der Waals surface area contributed by atoms with E-state index in [9.17, 15) is 14.4 Å². The van der Waals surface area contributed by atoms with Crippen molar-refractivity contribution in [2.45, 2.75) is 25.4 Å². The minimum absolute atomic E-state index is 0.0569. The Morgan fingerprint density at radius 2 is 2.17 bits per heavy atom. The molecular formula is C17H19N3O4. The highest BCUT2D eigenvalue weighted by atomic mass is 16.5. The number of methoxy groups -OCH3 is 1. The number of para-hydroxylation sites is 1. The van der Waals surface area contributed by atoms with Gasteiger partial charge in [0.05, 0.1) is 7.11 Å². The average Bonchev–Trinajstić information content (AvgIpc) is 3.17. The Bertz CT molecular complexity index is 783. The number of esters is 1. The number of H-pyrrole nitrogens is 1. The molecule has 0 bridgehead atoms. The van der Waals surface area contributed by atoms with Crippen molar-refractivity contribution < 1.29 is 19.1 Å². The summed E-state index contributed by atoms with van der Waals surface area (Å²) in [4.78, 5) is 40.4. The van der Waals surface area contributed by atoms with E-state index in [0.29, 0.717) is 19.4 Å². The second-order valence-electron chi connectivity index (χ2n) is 5.73. The SMILES string of the molecule is COC(=O)CNC(=O)C1CCC(=O)N1Cc1c[nH]c2ccccc12. The van der Waals surface area contributed by atoms with Crippen LogP contribution < -0.4 is 5.32 Å². The molecule has 1 atom stereocenters. The smallest absolute Gasteiger partial charge is 0.325 e. The quantitative estimate of drug-likeness (QED) is 0.799. The zero-order chi connectivity index (χ0) is 17.1. The molecule has 0 spiro atoms. The summed E-state index contributed by atoms with van der Waals surface area (Å²) < 4.78 is 4.51. The summed E-state index contributed by atoms with van der Waals surface area (Å²) in [6.07, 6.45) is 2.65. The average molecular weight is 329 g/mol. The maximum absolute atomic E-state index is 12.3. The number of amides is 2. The first-order valence-corrected chi connectivity index (χ1v) is 7.79. The second-order valence-corrected chi connectivity index (χ2v) is 5.73. The van der Waals surface area contributed by atoms with Gasteiger partial charge in [0.1, 0.15) is 12.6 Å². The van der Waals surface area contributed by atoms with Crippen molar-refractivity contribution in [3.8, 4) is 0 Å². The van der Waals surface area contributed by atoms with E-state index in [1.54, 1.807) is 4.90 Å². The van der Waals surface area contributed by atoms with Gasteiger partial charge in [0.2, 0.25) is 11.8 Å². The molecule has 3 rings (SSSR count). The molecule has 1 aromatic carbocycles. The van der Waals surface area contributed by atoms with Gasteiger partial charge < -0.3 is 19.9 Å². The first-order valence-electron chi connectivity index (χ1n) is 7.79. The minimum Gasteiger partial charge on any atom is -0.468 e. The third-order valence-corrected chi connectivity index (χ3v) is 4.28. The Kier molecular flexibility index (Phi) is 4.50. The molecule has 1 aliphatic rings. The lowest BCUT2D eigenvalue weighted by atomic mass is 10.1. The van der Waals surface area contributed by atoms with Crippen LogP contribution in [0.15, 0.2) is 30.5 Å². The number of hydrogen-bond donors (Lipinski definition) is 2. The van der Waals surface area contributed by atoms with Crippen LogP contribution in [0.1, 0.15) is 18.4 Å². The van der Waals surface area contributed by atoms with Gasteiger partial charge in [-0.05, 0) is 18.1 Å². The lowest BCUT2D eigenvalue weighted by molar-refractivity contribution is -0.142. The molecule has 2 heterocycles. The number of benzene rings is 1. The highest BCUT2D eigenvalue weighted by Crippen LogP contribution is 2.25. The van der Waals surface area contributed by atoms with Crippen molar-refractivity contribution >= 4 is 28.7 Å². The molecule has 7 nitrogen and oxygen atoms in total. The molecule has 126 valence electrons. The Morgan fingerprint density at radius 1 is 1.38 bits per heavy atom. The lowest BCUT2D eigenvalue weighted by Crippen LogP contribution is -2.45. The highest BCUT2D eigenvalue weighted by Gasteiger charge is 2.36. The number of carbonyl (C=O) groups is 3. The van der Waals surface area contributed by atoms with E-state index >= 15 is 0 Å². The molecule has 0 aliphatic carbocycles. The molecule has 1 unspecified atom stereocenters. The van der Waals surface area contributed by atoms with Crippen LogP contribution >= 0.6 is 0 Å². The molecule has 2 aromatic rings. The molecule has 0 saturated carbocycles. The summed E-state index contributed by atoms with van der Waals surface area (Å²) in [5, 5.41) is 3.56. The Labute approximate surface area is 139 Å². The normalized spacial score (nSPS) is 17.3. The van der Waals surface area contributed by atoms with E-state index in [2.05, 4.69) is 15.0 Å². The Hall–Kier alpha value is -2.83. The monoisotopic (exact) mass is 329 g/mol. The first-order chi connectivity index (χ1) is 11.6. The summed E-state index contributed by atoms with van der Waals surface area (Å²) in [5.41, 5.74) is 1.96. The third kappa shape index (κ3) is 3.10. The van der Waals surface area contributed by atoms with Gasteiger partial charge in [0, 0.05) is 30.1 Å². The summed E-state index contributed by atoms with van der Waals surface area (Å²) in [6, 6.07) is 7.26. The van der Waals surface area contributed by atoms with Crippen LogP contribution in [0.2, 0.25) is 0 Å². The molecule has 0 radical (unpaired) electrons. The van der Waals surface area contributed by atoms with Crippen LogP contribution in [0.25, 0.3) is 10.9 Å². The standard InChI is InChI=1S/C17H19N3O4/c1-24-16(22)9-19-17(23)14-6-7-15(21)20(14)10-11-8-18-13-5-3-2-4-12(11)13/h2-5,8,14,18H,6-7,9-10H2,1H3,(H,19,23). The molecule has 2 N–H and O–H groups in total. The Balaban J connectivity index is 1.74. The fourth-order valence-electron chi connectivity index (χ4n) is 3.00. The van der Waals surface area contributed by atoms with Gasteiger partial charge in [-0.25, -0.2) is 0 Å². The van der Waals surface area contributed by atoms with Gasteiger partial charge in [-0.15, -0.1) is 0 Å². The molecule has 7 heteroatoms. The zero-order valence-electron chi connectivity index (χ0n) is 13.4. The minimum atomic E-state index is -0.559. The van der Waals surface area contributed by atoms with Crippen LogP contribution in [-0.4, -0.2) is 47.4 Å². The zero-order valence-corrected chi connectivity index (χ0v) is 13.4. The molecule has 1 saturated heterocycles. The van der Waals surface area contributed by atoms with Crippen molar-refractivity contribution in [1.29, 1.82) is 0 Å². The van der Waals surface area contributed by atoms with E-state index in [4.69, 9.17) is 0 Å². The van der Waals surface area contributed by atoms with Crippen molar-refractivity contribution in [3.63, 3.8) is 0 Å². The van der Waals surface area contributed by atoms with Gasteiger partial charge in [0.15, 0.2) is 0 Å². The number of carbonyl (C=O) groups excluding carboxylic acids is 3. The molecule has 1 aromatic heterocycles. The summed E-state index contributed by atoms with van der Waals surface area (Å²) in [5.74, 6) is -0.902. The predicted octanol–water partition coefficient (Wildman–Crippen LogP) is 0.948. The van der Waals surface area contributed by atoms with Crippen molar-refractivity contribution in [1.82, 2.24) is 15.2 Å². The molecule has 2 amide bonds. The number of nitrogens with zero attached hydrogens (tertiary/aromatic N) is 1. The molecule has 1 aliphatic heterocycles. The first kappa shape index (κ1) is 16.0. The van der Waals surface area contributed by atoms with Crippen LogP contribution in [0, 0.1) is 0 Å². The van der Waals surface area contributed by atoms with E-state index in [1.165, 1.54) is 7.11 Å². The lowest BCUT2D eigenvalue weighted by Gasteiger charge is -2.23. The largest absolute Gasteiger partial charge is 0.468 e. The van der Waals surface area contributed by atoms with Crippen molar-refractivity contribution in [2.24, 2.45) is 0 Å². The van der Waals surface area contributed by atoms with Gasteiger partial charge >= 0.3 is 5.97 Å². The number of ether oxygens (including phenoxy) is 1. The fourth-order valence-corrected chi connectivity index (χ4v) is 3.00. The van der Waals surface area contributed by atoms with Crippen LogP contribution in [0.3, 0.4) is 0 Å². The second kappa shape index (κ2) is 6.74. The maximum Gasteiger partial charge on any atom is 0.325 e. The number of fused-ring (bicyclic) bond motifs is 1. The fraction of sp³-hybridized carbons (Fsp3) is 0.353. The van der Waals surface area contributed by atoms with Gasteiger partial charge in [-0.2, -0.15) is 0 Å². The van der Waals surface area contributed by atoms with Crippen molar-refractivity contribution in [3.05, 3.63) is 36.0 Å². The molecule has 1 fully saturated rings. The van der Waals surface area contributed by atoms with E-state index in [-0.39, 0.29) is 18.4 Å². The van der Waals surface area contributed by atoms with Crippen LogP contribution in [0.4, 0.5) is 0 Å². The van der Waals surface area contributed by atoms with Gasteiger partial charge in [-0.1, -0.05) is 18.2 Å². The molecule has 24 heavy (non-hydrogen) atoms. The van der Waals surface area contributed by atoms with Crippen molar-refractivity contribution in [2.75, 3.05) is 13.7 Å². The number of likely N-dealkylation sites (tertiary alicyclic amines) is 1. The van der Waals surface area contributed by atoms with E-state index < -0.39 is 12.0 Å². The third-order valence-electron chi connectivity index (χ3n) is 4.28.